The number of methoxy groups -OCH3 is 1. The van der Waals surface area contributed by atoms with E-state index in [9.17, 15) is 9.59 Å². The third kappa shape index (κ3) is 4.56. The number of fused-ring (bicyclic) bond motifs is 1. The molecule has 1 N–H and O–H groups in total. The summed E-state index contributed by atoms with van der Waals surface area (Å²) in [7, 11) is 1.59. The molecular formula is C22H23N5O3S2. The largest absolute Gasteiger partial charge is 0.497 e. The molecule has 0 atom stereocenters. The van der Waals surface area contributed by atoms with Gasteiger partial charge in [0.05, 0.1) is 25.1 Å². The van der Waals surface area contributed by atoms with Crippen LogP contribution in [0, 0.1) is 6.92 Å². The van der Waals surface area contributed by atoms with E-state index in [-0.39, 0.29) is 17.2 Å². The second kappa shape index (κ2) is 9.58. The van der Waals surface area contributed by atoms with E-state index in [1.54, 1.807) is 52.0 Å². The van der Waals surface area contributed by atoms with Gasteiger partial charge in [0.15, 0.2) is 10.7 Å². The monoisotopic (exact) mass is 469 g/mol. The number of benzene rings is 1. The fourth-order valence-corrected chi connectivity index (χ4v) is 4.81. The van der Waals surface area contributed by atoms with Crippen molar-refractivity contribution in [2.45, 2.75) is 32.1 Å². The van der Waals surface area contributed by atoms with Crippen molar-refractivity contribution in [3.8, 4) is 5.75 Å². The number of thioether (sulfide) groups is 1. The van der Waals surface area contributed by atoms with Gasteiger partial charge < -0.3 is 10.1 Å². The molecule has 4 aromatic rings. The average molecular weight is 470 g/mol. The molecule has 0 radical (unpaired) electrons. The highest BCUT2D eigenvalue weighted by Crippen LogP contribution is 2.22. The SMILES string of the molecule is CCn1nc(C)c2nc(SCC(=O)Nc3ccc(OC)cc3)n(Cc3cccs3)c(=O)c21. The third-order valence-electron chi connectivity index (χ3n) is 4.88. The Morgan fingerprint density at radius 1 is 1.25 bits per heavy atom. The van der Waals surface area contributed by atoms with Crippen molar-refractivity contribution >= 4 is 45.7 Å². The summed E-state index contributed by atoms with van der Waals surface area (Å²) in [5.74, 6) is 0.656. The molecule has 0 bridgehead atoms. The zero-order chi connectivity index (χ0) is 22.7. The molecule has 8 nitrogen and oxygen atoms in total. The molecule has 32 heavy (non-hydrogen) atoms. The number of carbonyl (C=O) groups is 1. The lowest BCUT2D eigenvalue weighted by Crippen LogP contribution is -2.26. The highest BCUT2D eigenvalue weighted by molar-refractivity contribution is 7.99. The Morgan fingerprint density at radius 3 is 2.69 bits per heavy atom. The number of anilines is 1. The van der Waals surface area contributed by atoms with Crippen LogP contribution in [0.4, 0.5) is 5.69 Å². The average Bonchev–Trinajstić information content (AvgIpc) is 3.42. The van der Waals surface area contributed by atoms with Crippen molar-refractivity contribution in [1.29, 1.82) is 0 Å². The van der Waals surface area contributed by atoms with E-state index in [1.807, 2.05) is 31.4 Å². The number of hydrogen-bond acceptors (Lipinski definition) is 7. The minimum absolute atomic E-state index is 0.120. The lowest BCUT2D eigenvalue weighted by Gasteiger charge is -2.12. The van der Waals surface area contributed by atoms with Crippen LogP contribution in [0.5, 0.6) is 5.75 Å². The third-order valence-corrected chi connectivity index (χ3v) is 6.72. The number of thiophene rings is 1. The maximum absolute atomic E-state index is 13.4. The number of aromatic nitrogens is 4. The molecule has 0 unspecified atom stereocenters. The molecule has 0 saturated heterocycles. The van der Waals surface area contributed by atoms with Gasteiger partial charge in [-0.25, -0.2) is 4.98 Å². The first-order chi connectivity index (χ1) is 15.5. The van der Waals surface area contributed by atoms with Crippen molar-refractivity contribution in [2.24, 2.45) is 0 Å². The van der Waals surface area contributed by atoms with Gasteiger partial charge in [-0.15, -0.1) is 11.3 Å². The van der Waals surface area contributed by atoms with Crippen molar-refractivity contribution in [3.05, 3.63) is 62.7 Å². The molecule has 3 heterocycles. The first-order valence-corrected chi connectivity index (χ1v) is 11.9. The van der Waals surface area contributed by atoms with Crippen molar-refractivity contribution in [1.82, 2.24) is 19.3 Å². The Morgan fingerprint density at radius 2 is 2.03 bits per heavy atom. The molecule has 10 heteroatoms. The van der Waals surface area contributed by atoms with E-state index >= 15 is 0 Å². The van der Waals surface area contributed by atoms with Gasteiger partial charge in [-0.1, -0.05) is 17.8 Å². The fourth-order valence-electron chi connectivity index (χ4n) is 3.33. The van der Waals surface area contributed by atoms with Crippen molar-refractivity contribution in [2.75, 3.05) is 18.2 Å². The van der Waals surface area contributed by atoms with Gasteiger partial charge in [-0.2, -0.15) is 5.10 Å². The minimum Gasteiger partial charge on any atom is -0.497 e. The first kappa shape index (κ1) is 22.1. The lowest BCUT2D eigenvalue weighted by atomic mass is 10.3. The summed E-state index contributed by atoms with van der Waals surface area (Å²) in [6.07, 6.45) is 0. The number of rotatable bonds is 8. The summed E-state index contributed by atoms with van der Waals surface area (Å²) in [5.41, 5.74) is 2.30. The predicted octanol–water partition coefficient (Wildman–Crippen LogP) is 3.77. The van der Waals surface area contributed by atoms with Gasteiger partial charge in [-0.05, 0) is 49.6 Å². The normalized spacial score (nSPS) is 11.1. The van der Waals surface area contributed by atoms with E-state index in [2.05, 4.69) is 10.4 Å². The van der Waals surface area contributed by atoms with E-state index in [0.717, 1.165) is 10.6 Å². The smallest absolute Gasteiger partial charge is 0.280 e. The molecule has 0 fully saturated rings. The number of nitrogens with zero attached hydrogens (tertiary/aromatic N) is 4. The van der Waals surface area contributed by atoms with E-state index in [1.165, 1.54) is 11.8 Å². The van der Waals surface area contributed by atoms with Crippen LogP contribution in [0.25, 0.3) is 11.0 Å². The van der Waals surface area contributed by atoms with Crippen molar-refractivity contribution < 1.29 is 9.53 Å². The molecule has 0 aliphatic rings. The van der Waals surface area contributed by atoms with Crippen LogP contribution in [0.15, 0.2) is 51.7 Å². The molecule has 166 valence electrons. The maximum atomic E-state index is 13.4. The zero-order valence-corrected chi connectivity index (χ0v) is 19.6. The van der Waals surface area contributed by atoms with Gasteiger partial charge in [0.1, 0.15) is 11.3 Å². The van der Waals surface area contributed by atoms with E-state index < -0.39 is 0 Å². The molecule has 0 aliphatic heterocycles. The van der Waals surface area contributed by atoms with Crippen LogP contribution < -0.4 is 15.6 Å². The Bertz CT molecular complexity index is 1290. The Kier molecular flexibility index (Phi) is 6.61. The second-order valence-corrected chi connectivity index (χ2v) is 9.00. The molecule has 0 saturated carbocycles. The van der Waals surface area contributed by atoms with E-state index in [0.29, 0.717) is 40.7 Å². The number of hydrogen-bond donors (Lipinski definition) is 1. The second-order valence-electron chi connectivity index (χ2n) is 7.03. The molecule has 0 aliphatic carbocycles. The van der Waals surface area contributed by atoms with E-state index in [4.69, 9.17) is 9.72 Å². The summed E-state index contributed by atoms with van der Waals surface area (Å²) in [4.78, 5) is 31.7. The van der Waals surface area contributed by atoms with Crippen LogP contribution in [0.2, 0.25) is 0 Å². The fraction of sp³-hybridized carbons (Fsp3) is 0.273. The first-order valence-electron chi connectivity index (χ1n) is 10.1. The summed E-state index contributed by atoms with van der Waals surface area (Å²) < 4.78 is 8.46. The minimum atomic E-state index is -0.182. The van der Waals surface area contributed by atoms with Crippen LogP contribution in [-0.2, 0) is 17.9 Å². The van der Waals surface area contributed by atoms with Gasteiger partial charge >= 0.3 is 0 Å². The number of ether oxygens (including phenoxy) is 1. The predicted molar refractivity (Wildman–Crippen MR) is 128 cm³/mol. The van der Waals surface area contributed by atoms with Crippen LogP contribution >= 0.6 is 23.1 Å². The molecule has 3 aromatic heterocycles. The molecule has 1 amide bonds. The summed E-state index contributed by atoms with van der Waals surface area (Å²) in [5, 5.41) is 9.79. The Hall–Kier alpha value is -3.11. The molecular weight excluding hydrogens is 446 g/mol. The molecule has 0 spiro atoms. The highest BCUT2D eigenvalue weighted by Gasteiger charge is 2.19. The lowest BCUT2D eigenvalue weighted by molar-refractivity contribution is -0.113. The quantitative estimate of drug-likeness (QED) is 0.312. The Labute approximate surface area is 193 Å². The molecule has 1 aromatic carbocycles. The number of aryl methyl sites for hydroxylation is 2. The maximum Gasteiger partial charge on any atom is 0.280 e. The van der Waals surface area contributed by atoms with Gasteiger partial charge in [0.2, 0.25) is 5.91 Å². The highest BCUT2D eigenvalue weighted by atomic mass is 32.2. The van der Waals surface area contributed by atoms with Gasteiger partial charge in [0.25, 0.3) is 5.56 Å². The summed E-state index contributed by atoms with van der Waals surface area (Å²) in [6, 6.07) is 11.1. The number of carbonyl (C=O) groups excluding carboxylic acids is 1. The summed E-state index contributed by atoms with van der Waals surface area (Å²) in [6.45, 7) is 4.77. The molecule has 4 rings (SSSR count). The van der Waals surface area contributed by atoms with Crippen LogP contribution in [0.1, 0.15) is 17.5 Å². The topological polar surface area (TPSA) is 91.0 Å². The van der Waals surface area contributed by atoms with Crippen LogP contribution in [-0.4, -0.2) is 38.1 Å². The van der Waals surface area contributed by atoms with Gasteiger partial charge in [-0.3, -0.25) is 18.8 Å². The zero-order valence-electron chi connectivity index (χ0n) is 18.0. The summed E-state index contributed by atoms with van der Waals surface area (Å²) >= 11 is 2.82. The Balaban J connectivity index is 1.62. The standard InChI is InChI=1S/C22H23N5O3S2/c1-4-27-20-19(14(2)25-27)24-22(26(21(20)29)12-17-6-5-11-31-17)32-13-18(28)23-15-7-9-16(30-3)10-8-15/h5-11H,4,12-13H2,1-3H3,(H,23,28). The van der Waals surface area contributed by atoms with Gasteiger partial charge in [0, 0.05) is 17.1 Å². The van der Waals surface area contributed by atoms with Crippen LogP contribution in [0.3, 0.4) is 0 Å². The van der Waals surface area contributed by atoms with Crippen molar-refractivity contribution in [3.63, 3.8) is 0 Å². The number of nitrogens with one attached hydrogen (secondary N) is 1. The number of amides is 1.